The summed E-state index contributed by atoms with van der Waals surface area (Å²) in [6.07, 6.45) is 7.72. The molecular weight excluding hydrogens is 380 g/mol. The lowest BCUT2D eigenvalue weighted by Gasteiger charge is -2.28. The molecule has 0 atom stereocenters. The van der Waals surface area contributed by atoms with Gasteiger partial charge in [-0.2, -0.15) is 0 Å². The molecule has 0 spiro atoms. The van der Waals surface area contributed by atoms with Gasteiger partial charge in [0.05, 0.1) is 0 Å². The van der Waals surface area contributed by atoms with Crippen molar-refractivity contribution in [2.75, 3.05) is 32.9 Å². The summed E-state index contributed by atoms with van der Waals surface area (Å²) in [5, 5.41) is 1.86. The van der Waals surface area contributed by atoms with E-state index in [9.17, 15) is 9.59 Å². The van der Waals surface area contributed by atoms with E-state index < -0.39 is 0 Å². The van der Waals surface area contributed by atoms with Gasteiger partial charge in [-0.15, -0.1) is 11.8 Å². The van der Waals surface area contributed by atoms with E-state index in [-0.39, 0.29) is 11.8 Å². The van der Waals surface area contributed by atoms with Crippen LogP contribution in [0.3, 0.4) is 0 Å². The minimum Gasteiger partial charge on any atom is -0.308 e. The van der Waals surface area contributed by atoms with Gasteiger partial charge in [0.2, 0.25) is 0 Å². The van der Waals surface area contributed by atoms with E-state index >= 15 is 0 Å². The van der Waals surface area contributed by atoms with Crippen LogP contribution in [0.25, 0.3) is 10.8 Å². The molecule has 0 aromatic heterocycles. The Kier molecular flexibility index (Phi) is 7.73. The van der Waals surface area contributed by atoms with Crippen molar-refractivity contribution in [2.45, 2.75) is 50.3 Å². The van der Waals surface area contributed by atoms with Crippen LogP contribution in [-0.4, -0.2) is 54.6 Å². The van der Waals surface area contributed by atoms with Crippen molar-refractivity contribution in [3.63, 3.8) is 0 Å². The summed E-state index contributed by atoms with van der Waals surface area (Å²) in [6, 6.07) is 9.80. The van der Waals surface area contributed by atoms with Crippen LogP contribution in [0.4, 0.5) is 0 Å². The number of carbonyl (C=O) groups is 2. The maximum atomic E-state index is 13.0. The number of hydrogen-bond acceptors (Lipinski definition) is 4. The van der Waals surface area contributed by atoms with Crippen LogP contribution in [0.15, 0.2) is 35.2 Å². The number of nitrogens with zero attached hydrogens (tertiary/aromatic N) is 2. The lowest BCUT2D eigenvalue weighted by Crippen LogP contribution is -2.43. The molecule has 0 radical (unpaired) electrons. The first-order valence-electron chi connectivity index (χ1n) is 10.7. The molecule has 0 fully saturated rings. The van der Waals surface area contributed by atoms with Gasteiger partial charge in [-0.25, -0.2) is 0 Å². The first-order valence-corrected chi connectivity index (χ1v) is 11.7. The Morgan fingerprint density at radius 3 is 2.31 bits per heavy atom. The third kappa shape index (κ3) is 5.01. The molecule has 29 heavy (non-hydrogen) atoms. The monoisotopic (exact) mass is 412 g/mol. The van der Waals surface area contributed by atoms with Crippen molar-refractivity contribution in [2.24, 2.45) is 0 Å². The quantitative estimate of drug-likeness (QED) is 0.279. The fourth-order valence-corrected chi connectivity index (χ4v) is 4.87. The second-order valence-corrected chi connectivity index (χ2v) is 9.16. The zero-order valence-corrected chi connectivity index (χ0v) is 18.7. The molecule has 4 nitrogen and oxygen atoms in total. The predicted octanol–water partition coefficient (Wildman–Crippen LogP) is 5.45. The van der Waals surface area contributed by atoms with Crippen LogP contribution in [-0.2, 0) is 0 Å². The summed E-state index contributed by atoms with van der Waals surface area (Å²) < 4.78 is 0. The van der Waals surface area contributed by atoms with Crippen molar-refractivity contribution in [3.05, 3.63) is 41.5 Å². The largest absolute Gasteiger partial charge is 0.308 e. The molecule has 0 saturated heterocycles. The molecule has 3 rings (SSSR count). The summed E-state index contributed by atoms with van der Waals surface area (Å²) in [5.41, 5.74) is 1.30. The summed E-state index contributed by atoms with van der Waals surface area (Å²) in [7, 11) is 3.89. The molecule has 156 valence electrons. The lowest BCUT2D eigenvalue weighted by molar-refractivity contribution is 0.0601. The molecule has 2 amide bonds. The SMILES string of the molecule is CCCCCCCCSc1ccc2c3c(cccc13)C(=O)N(CCN(C)C)C2=O. The Hall–Kier alpha value is -1.85. The van der Waals surface area contributed by atoms with E-state index in [4.69, 9.17) is 0 Å². The van der Waals surface area contributed by atoms with Gasteiger partial charge in [-0.05, 0) is 49.9 Å². The average molecular weight is 413 g/mol. The Morgan fingerprint density at radius 2 is 1.59 bits per heavy atom. The Labute approximate surface area is 178 Å². The molecule has 1 aliphatic rings. The highest BCUT2D eigenvalue weighted by atomic mass is 32.2. The highest BCUT2D eigenvalue weighted by Gasteiger charge is 2.33. The number of thioether (sulfide) groups is 1. The van der Waals surface area contributed by atoms with Crippen molar-refractivity contribution < 1.29 is 9.59 Å². The van der Waals surface area contributed by atoms with Crippen molar-refractivity contribution in [3.8, 4) is 0 Å². The van der Waals surface area contributed by atoms with Gasteiger partial charge in [-0.3, -0.25) is 14.5 Å². The third-order valence-electron chi connectivity index (χ3n) is 5.48. The molecule has 2 aromatic carbocycles. The van der Waals surface area contributed by atoms with Gasteiger partial charge in [-0.1, -0.05) is 51.2 Å². The topological polar surface area (TPSA) is 40.6 Å². The number of carbonyl (C=O) groups excluding carboxylic acids is 2. The number of unbranched alkanes of at least 4 members (excludes halogenated alkanes) is 5. The van der Waals surface area contributed by atoms with Crippen LogP contribution < -0.4 is 0 Å². The van der Waals surface area contributed by atoms with E-state index in [0.29, 0.717) is 24.2 Å². The summed E-state index contributed by atoms with van der Waals surface area (Å²) in [5.74, 6) is 0.725. The summed E-state index contributed by atoms with van der Waals surface area (Å²) in [4.78, 5) is 30.5. The van der Waals surface area contributed by atoms with Gasteiger partial charge in [0.1, 0.15) is 0 Å². The predicted molar refractivity (Wildman–Crippen MR) is 122 cm³/mol. The fourth-order valence-electron chi connectivity index (χ4n) is 3.81. The molecule has 2 aromatic rings. The van der Waals surface area contributed by atoms with E-state index in [1.54, 1.807) is 0 Å². The normalized spacial score (nSPS) is 13.7. The second kappa shape index (κ2) is 10.3. The lowest BCUT2D eigenvalue weighted by atomic mass is 9.94. The highest BCUT2D eigenvalue weighted by Crippen LogP contribution is 2.36. The average Bonchev–Trinajstić information content (AvgIpc) is 2.71. The molecular formula is C24H32N2O2S. The standard InChI is InChI=1S/C24H32N2O2S/c1-4-5-6-7-8-9-17-29-21-14-13-20-22-18(21)11-10-12-19(22)23(27)26(24(20)28)16-15-25(2)3/h10-14H,4-9,15-17H2,1-3H3. The summed E-state index contributed by atoms with van der Waals surface area (Å²) in [6.45, 7) is 3.31. The number of hydrogen-bond donors (Lipinski definition) is 0. The molecule has 0 aliphatic carbocycles. The zero-order chi connectivity index (χ0) is 20.8. The van der Waals surface area contributed by atoms with Gasteiger partial charge < -0.3 is 4.90 Å². The van der Waals surface area contributed by atoms with Crippen LogP contribution in [0.2, 0.25) is 0 Å². The minimum absolute atomic E-state index is 0.173. The van der Waals surface area contributed by atoms with Gasteiger partial charge in [0.25, 0.3) is 11.8 Å². The summed E-state index contributed by atoms with van der Waals surface area (Å²) >= 11 is 1.84. The molecule has 1 aliphatic heterocycles. The number of amides is 2. The number of imide groups is 1. The van der Waals surface area contributed by atoms with Crippen LogP contribution in [0.5, 0.6) is 0 Å². The molecule has 0 saturated carbocycles. The maximum Gasteiger partial charge on any atom is 0.261 e. The van der Waals surface area contributed by atoms with E-state index in [0.717, 1.165) is 16.5 Å². The van der Waals surface area contributed by atoms with Gasteiger partial charge in [0, 0.05) is 34.5 Å². The Balaban J connectivity index is 1.76. The first kappa shape index (κ1) is 21.8. The maximum absolute atomic E-state index is 13.0. The molecule has 1 heterocycles. The Bertz CT molecular complexity index is 856. The van der Waals surface area contributed by atoms with Crippen molar-refractivity contribution in [1.29, 1.82) is 0 Å². The van der Waals surface area contributed by atoms with Gasteiger partial charge in [0.15, 0.2) is 0 Å². The number of benzene rings is 2. The van der Waals surface area contributed by atoms with Crippen molar-refractivity contribution in [1.82, 2.24) is 9.80 Å². The first-order chi connectivity index (χ1) is 14.0. The minimum atomic E-state index is -0.173. The van der Waals surface area contributed by atoms with E-state index in [2.05, 4.69) is 13.0 Å². The Morgan fingerprint density at radius 1 is 0.897 bits per heavy atom. The molecule has 0 N–H and O–H groups in total. The zero-order valence-electron chi connectivity index (χ0n) is 17.9. The number of likely N-dealkylation sites (N-methyl/N-ethyl adjacent to an activating group) is 1. The van der Waals surface area contributed by atoms with Crippen LogP contribution in [0, 0.1) is 0 Å². The second-order valence-electron chi connectivity index (χ2n) is 8.02. The van der Waals surface area contributed by atoms with Gasteiger partial charge >= 0.3 is 0 Å². The van der Waals surface area contributed by atoms with E-state index in [1.807, 2.05) is 55.0 Å². The van der Waals surface area contributed by atoms with Crippen LogP contribution >= 0.6 is 11.8 Å². The van der Waals surface area contributed by atoms with E-state index in [1.165, 1.54) is 48.3 Å². The molecule has 5 heteroatoms. The molecule has 0 unspecified atom stereocenters. The molecule has 0 bridgehead atoms. The van der Waals surface area contributed by atoms with Crippen molar-refractivity contribution >= 4 is 34.3 Å². The highest BCUT2D eigenvalue weighted by molar-refractivity contribution is 7.99. The number of rotatable bonds is 11. The third-order valence-corrected chi connectivity index (χ3v) is 6.64. The fraction of sp³-hybridized carbons (Fsp3) is 0.500. The van der Waals surface area contributed by atoms with Crippen LogP contribution in [0.1, 0.15) is 66.2 Å². The smallest absolute Gasteiger partial charge is 0.261 e.